The van der Waals surface area contributed by atoms with E-state index in [1.165, 1.54) is 23.4 Å². The number of amides is 1. The van der Waals surface area contributed by atoms with E-state index < -0.39 is 10.0 Å². The van der Waals surface area contributed by atoms with Crippen LogP contribution in [0.25, 0.3) is 0 Å². The average Bonchev–Trinajstić information content (AvgIpc) is 3.13. The molecule has 26 heavy (non-hydrogen) atoms. The summed E-state index contributed by atoms with van der Waals surface area (Å²) < 4.78 is 25.1. The van der Waals surface area contributed by atoms with Crippen molar-refractivity contribution in [3.63, 3.8) is 0 Å². The molecule has 2 aliphatic carbocycles. The molecule has 0 unspecified atom stereocenters. The van der Waals surface area contributed by atoms with Crippen molar-refractivity contribution < 1.29 is 13.2 Å². The van der Waals surface area contributed by atoms with E-state index in [-0.39, 0.29) is 22.8 Å². The van der Waals surface area contributed by atoms with E-state index in [4.69, 9.17) is 0 Å². The summed E-state index contributed by atoms with van der Waals surface area (Å²) in [6, 6.07) is 5.59. The maximum atomic E-state index is 12.9. The summed E-state index contributed by atoms with van der Waals surface area (Å²) in [6.07, 6.45) is 5.36. The van der Waals surface area contributed by atoms with Gasteiger partial charge in [-0.2, -0.15) is 0 Å². The fraction of sp³-hybridized carbons (Fsp3) is 0.650. The van der Waals surface area contributed by atoms with Gasteiger partial charge in [0.05, 0.1) is 11.9 Å². The number of fused-ring (bicyclic) bond motifs is 3. The van der Waals surface area contributed by atoms with E-state index >= 15 is 0 Å². The molecule has 1 aromatic carbocycles. The second-order valence-corrected chi connectivity index (χ2v) is 11.0. The Labute approximate surface area is 156 Å². The van der Waals surface area contributed by atoms with Gasteiger partial charge in [0.15, 0.2) is 0 Å². The Morgan fingerprint density at radius 2 is 2.00 bits per heavy atom. The Bertz CT molecular complexity index is 877. The lowest BCUT2D eigenvalue weighted by atomic mass is 9.69. The van der Waals surface area contributed by atoms with Crippen LogP contribution in [0.3, 0.4) is 0 Å². The third-order valence-electron chi connectivity index (χ3n) is 7.69. The van der Waals surface area contributed by atoms with Gasteiger partial charge in [-0.05, 0) is 66.2 Å². The third kappa shape index (κ3) is 2.41. The Hall–Kier alpha value is -1.56. The summed E-state index contributed by atoms with van der Waals surface area (Å²) in [7, 11) is -3.26. The first-order chi connectivity index (χ1) is 12.0. The highest BCUT2D eigenvalue weighted by Crippen LogP contribution is 2.65. The molecule has 1 aromatic rings. The maximum absolute atomic E-state index is 12.9. The smallest absolute Gasteiger partial charge is 0.251 e. The number of carbonyl (C=O) groups excluding carboxylic acids is 1. The van der Waals surface area contributed by atoms with E-state index in [1.807, 2.05) is 6.07 Å². The van der Waals surface area contributed by atoms with E-state index in [0.717, 1.165) is 12.0 Å². The maximum Gasteiger partial charge on any atom is 0.251 e. The molecular weight excluding hydrogens is 348 g/mol. The molecule has 1 heterocycles. The first-order valence-corrected chi connectivity index (χ1v) is 11.3. The monoisotopic (exact) mass is 376 g/mol. The number of benzene rings is 1. The first-order valence-electron chi connectivity index (χ1n) is 9.45. The molecule has 3 aliphatic rings. The predicted octanol–water partition coefficient (Wildman–Crippen LogP) is 2.95. The van der Waals surface area contributed by atoms with Crippen LogP contribution < -0.4 is 9.62 Å². The van der Waals surface area contributed by atoms with Gasteiger partial charge in [0.2, 0.25) is 10.0 Å². The zero-order valence-corrected chi connectivity index (χ0v) is 16.8. The van der Waals surface area contributed by atoms with Crippen LogP contribution in [0.2, 0.25) is 0 Å². The minimum Gasteiger partial charge on any atom is -0.349 e. The zero-order valence-electron chi connectivity index (χ0n) is 16.0. The van der Waals surface area contributed by atoms with Gasteiger partial charge in [-0.3, -0.25) is 9.10 Å². The highest BCUT2D eigenvalue weighted by atomic mass is 32.2. The van der Waals surface area contributed by atoms with E-state index in [2.05, 4.69) is 26.1 Å². The summed E-state index contributed by atoms with van der Waals surface area (Å²) >= 11 is 0. The molecule has 2 saturated carbocycles. The zero-order chi connectivity index (χ0) is 18.9. The van der Waals surface area contributed by atoms with Crippen molar-refractivity contribution in [2.45, 2.75) is 52.5 Å². The standard InChI is InChI=1S/C20H28N2O3S/c1-19(2)15-7-9-20(19,3)17(12-15)21-18(23)14-5-6-16-13(11-14)8-10-22(16)26(4,24)25/h5-6,11,15,17H,7-10,12H2,1-4H3,(H,21,23)/t15-,17+,20-/m0/s1. The largest absolute Gasteiger partial charge is 0.349 e. The lowest BCUT2D eigenvalue weighted by Gasteiger charge is -2.39. The number of carbonyl (C=O) groups is 1. The summed E-state index contributed by atoms with van der Waals surface area (Å²) in [5, 5.41) is 3.28. The normalized spacial score (nSPS) is 31.9. The van der Waals surface area contributed by atoms with Crippen LogP contribution in [0.5, 0.6) is 0 Å². The van der Waals surface area contributed by atoms with Gasteiger partial charge in [-0.15, -0.1) is 0 Å². The number of anilines is 1. The SMILES string of the molecule is CC1(C)[C@H]2CC[C@@]1(C)[C@H](NC(=O)c1ccc3c(c1)CCN3S(C)(=O)=O)C2. The van der Waals surface area contributed by atoms with Crippen LogP contribution in [0.1, 0.15) is 56.0 Å². The van der Waals surface area contributed by atoms with Crippen molar-refractivity contribution in [2.24, 2.45) is 16.7 Å². The fourth-order valence-corrected chi connectivity index (χ4v) is 6.48. The molecule has 1 aliphatic heterocycles. The van der Waals surface area contributed by atoms with Crippen LogP contribution in [-0.2, 0) is 16.4 Å². The topological polar surface area (TPSA) is 66.5 Å². The molecule has 1 amide bonds. The second-order valence-electron chi connectivity index (χ2n) is 9.07. The van der Waals surface area contributed by atoms with Gasteiger partial charge in [0.1, 0.15) is 0 Å². The van der Waals surface area contributed by atoms with Gasteiger partial charge in [-0.25, -0.2) is 8.42 Å². The summed E-state index contributed by atoms with van der Waals surface area (Å²) in [5.41, 5.74) is 2.68. The van der Waals surface area contributed by atoms with Gasteiger partial charge in [-0.1, -0.05) is 20.8 Å². The predicted molar refractivity (Wildman–Crippen MR) is 103 cm³/mol. The second kappa shape index (κ2) is 5.47. The average molecular weight is 377 g/mol. The third-order valence-corrected chi connectivity index (χ3v) is 8.87. The van der Waals surface area contributed by atoms with Crippen molar-refractivity contribution in [1.82, 2.24) is 5.32 Å². The number of sulfonamides is 1. The molecule has 2 bridgehead atoms. The van der Waals surface area contributed by atoms with Crippen molar-refractivity contribution in [3.8, 4) is 0 Å². The van der Waals surface area contributed by atoms with Crippen LogP contribution in [0, 0.1) is 16.7 Å². The van der Waals surface area contributed by atoms with Gasteiger partial charge in [0, 0.05) is 18.2 Å². The fourth-order valence-electron chi connectivity index (χ4n) is 5.52. The van der Waals surface area contributed by atoms with E-state index in [1.54, 1.807) is 12.1 Å². The molecule has 142 valence electrons. The van der Waals surface area contributed by atoms with Crippen LogP contribution >= 0.6 is 0 Å². The Morgan fingerprint density at radius 3 is 2.58 bits per heavy atom. The van der Waals surface area contributed by atoms with Crippen molar-refractivity contribution in [2.75, 3.05) is 17.1 Å². The van der Waals surface area contributed by atoms with Crippen LogP contribution in [0.15, 0.2) is 18.2 Å². The summed E-state index contributed by atoms with van der Waals surface area (Å²) in [6.45, 7) is 7.45. The van der Waals surface area contributed by atoms with Crippen molar-refractivity contribution in [1.29, 1.82) is 0 Å². The van der Waals surface area contributed by atoms with Gasteiger partial charge < -0.3 is 5.32 Å². The molecule has 0 spiro atoms. The number of nitrogens with one attached hydrogen (secondary N) is 1. The van der Waals surface area contributed by atoms with Gasteiger partial charge in [0.25, 0.3) is 5.91 Å². The Kier molecular flexibility index (Phi) is 3.75. The number of hydrogen-bond acceptors (Lipinski definition) is 3. The minimum absolute atomic E-state index is 0.0415. The molecule has 6 heteroatoms. The molecule has 0 aromatic heterocycles. The Balaban J connectivity index is 1.54. The summed E-state index contributed by atoms with van der Waals surface area (Å²) in [5.74, 6) is 0.640. The number of rotatable bonds is 3. The molecule has 3 atom stereocenters. The summed E-state index contributed by atoms with van der Waals surface area (Å²) in [4.78, 5) is 12.9. The number of nitrogens with zero attached hydrogens (tertiary/aromatic N) is 1. The molecule has 0 radical (unpaired) electrons. The quantitative estimate of drug-likeness (QED) is 0.882. The highest BCUT2D eigenvalue weighted by molar-refractivity contribution is 7.92. The van der Waals surface area contributed by atoms with Gasteiger partial charge >= 0.3 is 0 Å². The molecule has 1 N–H and O–H groups in total. The lowest BCUT2D eigenvalue weighted by Crippen LogP contribution is -2.46. The van der Waals surface area contributed by atoms with E-state index in [0.29, 0.717) is 30.1 Å². The van der Waals surface area contributed by atoms with Crippen molar-refractivity contribution in [3.05, 3.63) is 29.3 Å². The van der Waals surface area contributed by atoms with E-state index in [9.17, 15) is 13.2 Å². The Morgan fingerprint density at radius 1 is 1.27 bits per heavy atom. The van der Waals surface area contributed by atoms with Crippen LogP contribution in [0.4, 0.5) is 5.69 Å². The molecule has 5 nitrogen and oxygen atoms in total. The molecule has 4 rings (SSSR count). The first kappa shape index (κ1) is 17.8. The lowest BCUT2D eigenvalue weighted by molar-refractivity contribution is 0.0826. The molecule has 0 saturated heterocycles. The molecular formula is C20H28N2O3S. The molecule has 2 fully saturated rings. The van der Waals surface area contributed by atoms with Crippen LogP contribution in [-0.4, -0.2) is 33.2 Å². The highest BCUT2D eigenvalue weighted by Gasteiger charge is 2.61. The van der Waals surface area contributed by atoms with Crippen molar-refractivity contribution >= 4 is 21.6 Å². The minimum atomic E-state index is -3.26. The number of hydrogen-bond donors (Lipinski definition) is 1.